The Kier molecular flexibility index (Phi) is 7.06. The van der Waals surface area contributed by atoms with Crippen molar-refractivity contribution in [3.8, 4) is 0 Å². The smallest absolute Gasteiger partial charge is 0.191 e. The minimum Gasteiger partial charge on any atom is -0.373 e. The van der Waals surface area contributed by atoms with Crippen LogP contribution in [-0.2, 0) is 11.3 Å². The van der Waals surface area contributed by atoms with Gasteiger partial charge in [-0.25, -0.2) is 9.98 Å². The highest BCUT2D eigenvalue weighted by atomic mass is 32.1. The van der Waals surface area contributed by atoms with Crippen molar-refractivity contribution in [2.24, 2.45) is 10.9 Å². The van der Waals surface area contributed by atoms with E-state index >= 15 is 0 Å². The molecule has 6 nitrogen and oxygen atoms in total. The molecule has 1 saturated heterocycles. The minimum absolute atomic E-state index is 0.155. The number of hydrogen-bond acceptors (Lipinski definition) is 5. The summed E-state index contributed by atoms with van der Waals surface area (Å²) in [6, 6.07) is 10.5. The summed E-state index contributed by atoms with van der Waals surface area (Å²) < 4.78 is 5.98. The Morgan fingerprint density at radius 2 is 2.11 bits per heavy atom. The van der Waals surface area contributed by atoms with Crippen molar-refractivity contribution < 1.29 is 4.74 Å². The molecular weight excluding hydrogens is 358 g/mol. The number of benzene rings is 1. The van der Waals surface area contributed by atoms with Gasteiger partial charge in [-0.2, -0.15) is 0 Å². The first kappa shape index (κ1) is 19.6. The van der Waals surface area contributed by atoms with E-state index in [1.54, 1.807) is 11.3 Å². The van der Waals surface area contributed by atoms with Gasteiger partial charge in [-0.05, 0) is 18.9 Å². The number of guanidine groups is 1. The highest BCUT2D eigenvalue weighted by Gasteiger charge is 2.29. The summed E-state index contributed by atoms with van der Waals surface area (Å²) in [6.07, 6.45) is 1.22. The second kappa shape index (κ2) is 9.71. The molecule has 7 heteroatoms. The predicted molar refractivity (Wildman–Crippen MR) is 113 cm³/mol. The number of nitrogens with one attached hydrogen (secondary N) is 2. The molecule has 0 spiro atoms. The van der Waals surface area contributed by atoms with Gasteiger partial charge in [-0.15, -0.1) is 11.3 Å². The zero-order valence-corrected chi connectivity index (χ0v) is 17.1. The van der Waals surface area contributed by atoms with Crippen LogP contribution in [0.1, 0.15) is 30.7 Å². The largest absolute Gasteiger partial charge is 0.373 e. The number of hydrogen-bond donors (Lipinski definition) is 2. The molecule has 146 valence electrons. The fourth-order valence-electron chi connectivity index (χ4n) is 3.16. The summed E-state index contributed by atoms with van der Waals surface area (Å²) in [5.41, 5.74) is 2.25. The first-order valence-corrected chi connectivity index (χ1v) is 10.4. The first-order valence-electron chi connectivity index (χ1n) is 9.47. The maximum atomic E-state index is 5.98. The maximum absolute atomic E-state index is 5.98. The number of rotatable bonds is 7. The van der Waals surface area contributed by atoms with E-state index in [0.29, 0.717) is 12.5 Å². The average molecular weight is 388 g/mol. The zero-order valence-electron chi connectivity index (χ0n) is 16.3. The van der Waals surface area contributed by atoms with Crippen molar-refractivity contribution in [2.45, 2.75) is 26.0 Å². The van der Waals surface area contributed by atoms with Gasteiger partial charge in [0.15, 0.2) is 11.1 Å². The highest BCUT2D eigenvalue weighted by Crippen LogP contribution is 2.33. The van der Waals surface area contributed by atoms with E-state index in [9.17, 15) is 0 Å². The molecule has 2 aromatic rings. The Labute approximate surface area is 165 Å². The molecule has 0 saturated carbocycles. The van der Waals surface area contributed by atoms with E-state index < -0.39 is 0 Å². The third kappa shape index (κ3) is 5.43. The lowest BCUT2D eigenvalue weighted by Crippen LogP contribution is -2.40. The van der Waals surface area contributed by atoms with Gasteiger partial charge in [-0.3, -0.25) is 0 Å². The molecule has 0 bridgehead atoms. The van der Waals surface area contributed by atoms with E-state index in [2.05, 4.69) is 52.2 Å². The van der Waals surface area contributed by atoms with Crippen molar-refractivity contribution in [3.63, 3.8) is 0 Å². The monoisotopic (exact) mass is 387 g/mol. The van der Waals surface area contributed by atoms with Crippen molar-refractivity contribution in [1.29, 1.82) is 0 Å². The molecule has 1 fully saturated rings. The standard InChI is InChI=1S/C20H29N5OS/c1-4-21-19(23-13-17-14-27-20(24-17)25(2)3)22-12-16-10-11-26-18(16)15-8-6-5-7-9-15/h5-9,14,16,18H,4,10-13H2,1-3H3,(H2,21,22,23). The third-order valence-electron chi connectivity index (χ3n) is 4.54. The van der Waals surface area contributed by atoms with Crippen LogP contribution < -0.4 is 15.5 Å². The number of aliphatic imine (C=N–C) groups is 1. The molecule has 1 aliphatic rings. The van der Waals surface area contributed by atoms with E-state index in [1.165, 1.54) is 5.56 Å². The molecule has 2 heterocycles. The molecule has 2 N–H and O–H groups in total. The Bertz CT molecular complexity index is 731. The number of aromatic nitrogens is 1. The molecule has 0 aliphatic carbocycles. The van der Waals surface area contributed by atoms with E-state index in [1.807, 2.05) is 25.1 Å². The molecule has 0 radical (unpaired) electrons. The maximum Gasteiger partial charge on any atom is 0.191 e. The van der Waals surface area contributed by atoms with Crippen LogP contribution in [0.15, 0.2) is 40.7 Å². The van der Waals surface area contributed by atoms with Crippen molar-refractivity contribution in [3.05, 3.63) is 47.0 Å². The van der Waals surface area contributed by atoms with Gasteiger partial charge in [0, 0.05) is 45.1 Å². The molecule has 2 atom stereocenters. The highest BCUT2D eigenvalue weighted by molar-refractivity contribution is 7.13. The van der Waals surface area contributed by atoms with Gasteiger partial charge in [0.25, 0.3) is 0 Å². The van der Waals surface area contributed by atoms with Crippen molar-refractivity contribution >= 4 is 22.4 Å². The fourth-order valence-corrected chi connectivity index (χ4v) is 3.91. The van der Waals surface area contributed by atoms with Crippen LogP contribution in [0.3, 0.4) is 0 Å². The van der Waals surface area contributed by atoms with Gasteiger partial charge < -0.3 is 20.3 Å². The molecular formula is C20H29N5OS. The summed E-state index contributed by atoms with van der Waals surface area (Å²) in [5.74, 6) is 1.27. The van der Waals surface area contributed by atoms with Gasteiger partial charge in [0.1, 0.15) is 0 Å². The lowest BCUT2D eigenvalue weighted by Gasteiger charge is -2.20. The van der Waals surface area contributed by atoms with Crippen LogP contribution in [0.4, 0.5) is 5.13 Å². The molecule has 3 rings (SSSR count). The van der Waals surface area contributed by atoms with Crippen molar-refractivity contribution in [2.75, 3.05) is 38.7 Å². The van der Waals surface area contributed by atoms with E-state index in [4.69, 9.17) is 9.73 Å². The predicted octanol–water partition coefficient (Wildman–Crippen LogP) is 3.04. The van der Waals surface area contributed by atoms with Gasteiger partial charge in [-0.1, -0.05) is 30.3 Å². The third-order valence-corrected chi connectivity index (χ3v) is 5.60. The lowest BCUT2D eigenvalue weighted by atomic mass is 9.95. The summed E-state index contributed by atoms with van der Waals surface area (Å²) in [5, 5.41) is 9.89. The number of anilines is 1. The quantitative estimate of drug-likeness (QED) is 0.565. The Morgan fingerprint density at radius 1 is 1.30 bits per heavy atom. The van der Waals surface area contributed by atoms with Crippen LogP contribution >= 0.6 is 11.3 Å². The van der Waals surface area contributed by atoms with Crippen LogP contribution in [0.25, 0.3) is 0 Å². The van der Waals surface area contributed by atoms with E-state index in [0.717, 1.165) is 42.9 Å². The Balaban J connectivity index is 1.58. The minimum atomic E-state index is 0.155. The van der Waals surface area contributed by atoms with Gasteiger partial charge >= 0.3 is 0 Å². The number of thiazole rings is 1. The molecule has 1 aromatic heterocycles. The second-order valence-electron chi connectivity index (χ2n) is 6.84. The summed E-state index contributed by atoms with van der Waals surface area (Å²) in [7, 11) is 4.01. The van der Waals surface area contributed by atoms with Gasteiger partial charge in [0.05, 0.1) is 18.3 Å². The lowest BCUT2D eigenvalue weighted by molar-refractivity contribution is 0.0915. The Morgan fingerprint density at radius 3 is 2.81 bits per heavy atom. The Hall–Kier alpha value is -2.12. The molecule has 1 aromatic carbocycles. The summed E-state index contributed by atoms with van der Waals surface area (Å²) in [4.78, 5) is 11.3. The molecule has 0 amide bonds. The SMILES string of the molecule is CCNC(=NCc1csc(N(C)C)n1)NCC1CCOC1c1ccccc1. The number of nitrogens with zero attached hydrogens (tertiary/aromatic N) is 3. The van der Waals surface area contributed by atoms with Crippen molar-refractivity contribution in [1.82, 2.24) is 15.6 Å². The first-order chi connectivity index (χ1) is 13.2. The zero-order chi connectivity index (χ0) is 19.1. The molecule has 1 aliphatic heterocycles. The average Bonchev–Trinajstić information content (AvgIpc) is 3.34. The molecule has 27 heavy (non-hydrogen) atoms. The van der Waals surface area contributed by atoms with E-state index in [-0.39, 0.29) is 6.10 Å². The van der Waals surface area contributed by atoms with Crippen LogP contribution in [0, 0.1) is 5.92 Å². The summed E-state index contributed by atoms with van der Waals surface area (Å²) in [6.45, 7) is 5.13. The summed E-state index contributed by atoms with van der Waals surface area (Å²) >= 11 is 1.64. The van der Waals surface area contributed by atoms with Gasteiger partial charge in [0.2, 0.25) is 0 Å². The van der Waals surface area contributed by atoms with Crippen LogP contribution in [0.5, 0.6) is 0 Å². The topological polar surface area (TPSA) is 61.8 Å². The van der Waals surface area contributed by atoms with Crippen LogP contribution in [-0.4, -0.2) is 44.7 Å². The normalized spacial score (nSPS) is 19.9. The van der Waals surface area contributed by atoms with Crippen LogP contribution in [0.2, 0.25) is 0 Å². The molecule has 2 unspecified atom stereocenters. The number of ether oxygens (including phenoxy) is 1. The fraction of sp³-hybridized carbons (Fsp3) is 0.500. The second-order valence-corrected chi connectivity index (χ2v) is 7.68.